The Morgan fingerprint density at radius 1 is 0.931 bits per heavy atom. The van der Waals surface area contributed by atoms with Crippen LogP contribution in [0, 0.1) is 5.82 Å². The molecular formula is C18H25FN6O2S2. The molecule has 0 N–H and O–H groups in total. The van der Waals surface area contributed by atoms with Crippen molar-refractivity contribution in [2.45, 2.75) is 6.42 Å². The minimum Gasteiger partial charge on any atom is -0.344 e. The Kier molecular flexibility index (Phi) is 6.11. The van der Waals surface area contributed by atoms with Crippen molar-refractivity contribution in [2.75, 3.05) is 64.3 Å². The molecule has 0 saturated carbocycles. The second kappa shape index (κ2) is 8.60. The first kappa shape index (κ1) is 20.6. The molecule has 8 nitrogen and oxygen atoms in total. The van der Waals surface area contributed by atoms with Crippen LogP contribution in [0.4, 0.5) is 9.52 Å². The van der Waals surface area contributed by atoms with E-state index in [0.29, 0.717) is 45.7 Å². The van der Waals surface area contributed by atoms with E-state index in [9.17, 15) is 12.8 Å². The molecule has 158 valence electrons. The zero-order valence-corrected chi connectivity index (χ0v) is 18.0. The lowest BCUT2D eigenvalue weighted by Gasteiger charge is -2.38. The Bertz CT molecular complexity index is 920. The zero-order valence-electron chi connectivity index (χ0n) is 16.4. The number of hydrogen-bond donors (Lipinski definition) is 0. The lowest BCUT2D eigenvalue weighted by Crippen LogP contribution is -2.56. The normalized spacial score (nSPS) is 20.3. The molecule has 4 rings (SSSR count). The number of piperazine rings is 2. The van der Waals surface area contributed by atoms with Crippen molar-refractivity contribution in [1.29, 1.82) is 0 Å². The maximum Gasteiger partial charge on any atom is 0.282 e. The molecule has 11 heteroatoms. The Morgan fingerprint density at radius 3 is 2.14 bits per heavy atom. The van der Waals surface area contributed by atoms with Gasteiger partial charge in [0.05, 0.1) is 0 Å². The third-order valence-electron chi connectivity index (χ3n) is 5.35. The van der Waals surface area contributed by atoms with Crippen LogP contribution in [-0.4, -0.2) is 91.5 Å². The number of anilines is 1. The highest BCUT2D eigenvalue weighted by molar-refractivity contribution is 7.86. The minimum absolute atomic E-state index is 0.254. The van der Waals surface area contributed by atoms with Gasteiger partial charge in [-0.2, -0.15) is 17.0 Å². The Labute approximate surface area is 174 Å². The van der Waals surface area contributed by atoms with Crippen LogP contribution >= 0.6 is 11.3 Å². The summed E-state index contributed by atoms with van der Waals surface area (Å²) in [5.74, 6) is -0.254. The van der Waals surface area contributed by atoms with Gasteiger partial charge in [-0.15, -0.1) is 10.2 Å². The number of aromatic nitrogens is 2. The number of benzene rings is 1. The summed E-state index contributed by atoms with van der Waals surface area (Å²) in [5.41, 5.74) is 0.984. The quantitative estimate of drug-likeness (QED) is 0.688. The average molecular weight is 441 g/mol. The van der Waals surface area contributed by atoms with Crippen LogP contribution in [0.5, 0.6) is 0 Å². The summed E-state index contributed by atoms with van der Waals surface area (Å²) in [6, 6.07) is 6.38. The second-order valence-electron chi connectivity index (χ2n) is 7.38. The van der Waals surface area contributed by atoms with Gasteiger partial charge in [0.1, 0.15) is 10.8 Å². The van der Waals surface area contributed by atoms with E-state index in [4.69, 9.17) is 0 Å². The molecule has 0 radical (unpaired) electrons. The number of rotatable bonds is 5. The fraction of sp³-hybridized carbons (Fsp3) is 0.556. The molecule has 3 heterocycles. The topological polar surface area (TPSA) is 72.9 Å². The molecular weight excluding hydrogens is 415 g/mol. The van der Waals surface area contributed by atoms with Gasteiger partial charge in [0, 0.05) is 58.8 Å². The van der Waals surface area contributed by atoms with Crippen molar-refractivity contribution in [3.63, 3.8) is 0 Å². The van der Waals surface area contributed by atoms with Gasteiger partial charge in [-0.05, 0) is 24.7 Å². The third kappa shape index (κ3) is 4.75. The first-order valence-electron chi connectivity index (χ1n) is 9.67. The van der Waals surface area contributed by atoms with E-state index in [1.54, 1.807) is 20.7 Å². The highest BCUT2D eigenvalue weighted by atomic mass is 32.2. The summed E-state index contributed by atoms with van der Waals surface area (Å²) in [5, 5.41) is 10.2. The van der Waals surface area contributed by atoms with E-state index in [-0.39, 0.29) is 5.82 Å². The predicted octanol–water partition coefficient (Wildman–Crippen LogP) is 0.882. The average Bonchev–Trinajstić information content (AvgIpc) is 3.19. The SMILES string of the molecule is CN1CCN(S(=O)(=O)N2CCN(c3nnc(Cc4ccc(F)cc4)s3)CC2)CC1. The van der Waals surface area contributed by atoms with Crippen molar-refractivity contribution >= 4 is 26.7 Å². The van der Waals surface area contributed by atoms with Crippen LogP contribution in [0.15, 0.2) is 24.3 Å². The smallest absolute Gasteiger partial charge is 0.282 e. The van der Waals surface area contributed by atoms with E-state index in [0.717, 1.165) is 28.8 Å². The first-order chi connectivity index (χ1) is 13.9. The largest absolute Gasteiger partial charge is 0.344 e. The molecule has 0 unspecified atom stereocenters. The summed E-state index contributed by atoms with van der Waals surface area (Å²) in [7, 11) is -1.39. The van der Waals surface area contributed by atoms with Gasteiger partial charge in [-0.3, -0.25) is 0 Å². The van der Waals surface area contributed by atoms with Crippen LogP contribution in [0.2, 0.25) is 0 Å². The highest BCUT2D eigenvalue weighted by Crippen LogP contribution is 2.24. The van der Waals surface area contributed by atoms with Gasteiger partial charge < -0.3 is 9.80 Å². The summed E-state index contributed by atoms with van der Waals surface area (Å²) in [4.78, 5) is 4.23. The molecule has 0 aliphatic carbocycles. The maximum absolute atomic E-state index is 13.0. The van der Waals surface area contributed by atoms with Gasteiger partial charge in [-0.1, -0.05) is 23.5 Å². The third-order valence-corrected chi connectivity index (χ3v) is 8.37. The van der Waals surface area contributed by atoms with Crippen LogP contribution in [0.25, 0.3) is 0 Å². The van der Waals surface area contributed by atoms with Gasteiger partial charge in [-0.25, -0.2) is 4.39 Å². The maximum atomic E-state index is 13.0. The lowest BCUT2D eigenvalue weighted by atomic mass is 10.2. The van der Waals surface area contributed by atoms with Crippen molar-refractivity contribution in [2.24, 2.45) is 0 Å². The van der Waals surface area contributed by atoms with Crippen molar-refractivity contribution in [1.82, 2.24) is 23.7 Å². The summed E-state index contributed by atoms with van der Waals surface area (Å²) < 4.78 is 42.0. The van der Waals surface area contributed by atoms with Gasteiger partial charge in [0.2, 0.25) is 5.13 Å². The second-order valence-corrected chi connectivity index (χ2v) is 10.3. The Balaban J connectivity index is 1.34. The van der Waals surface area contributed by atoms with E-state index >= 15 is 0 Å². The van der Waals surface area contributed by atoms with Crippen molar-refractivity contribution in [3.8, 4) is 0 Å². The lowest BCUT2D eigenvalue weighted by molar-refractivity contribution is 0.210. The summed E-state index contributed by atoms with van der Waals surface area (Å²) in [6.45, 7) is 4.70. The summed E-state index contributed by atoms with van der Waals surface area (Å²) >= 11 is 1.50. The minimum atomic E-state index is -3.40. The predicted molar refractivity (Wildman–Crippen MR) is 111 cm³/mol. The molecule has 2 aliphatic rings. The van der Waals surface area contributed by atoms with Crippen LogP contribution < -0.4 is 4.90 Å². The standard InChI is InChI=1S/C18H25FN6O2S2/c1-22-6-10-24(11-7-22)29(26,27)25-12-8-23(9-13-25)18-21-20-17(28-18)14-15-2-4-16(19)5-3-15/h2-5H,6-14H2,1H3. The molecule has 1 aromatic carbocycles. The highest BCUT2D eigenvalue weighted by Gasteiger charge is 2.34. The molecule has 0 atom stereocenters. The van der Waals surface area contributed by atoms with Gasteiger partial charge in [0.25, 0.3) is 10.2 Å². The molecule has 2 aromatic rings. The number of nitrogens with zero attached hydrogens (tertiary/aromatic N) is 6. The molecule has 2 saturated heterocycles. The van der Waals surface area contributed by atoms with Gasteiger partial charge >= 0.3 is 0 Å². The fourth-order valence-corrected chi connectivity index (χ4v) is 6.01. The van der Waals surface area contributed by atoms with Crippen LogP contribution in [0.1, 0.15) is 10.6 Å². The zero-order chi connectivity index (χ0) is 20.4. The Morgan fingerprint density at radius 2 is 1.52 bits per heavy atom. The van der Waals surface area contributed by atoms with E-state index < -0.39 is 10.2 Å². The number of halogens is 1. The molecule has 29 heavy (non-hydrogen) atoms. The molecule has 0 bridgehead atoms. The monoisotopic (exact) mass is 440 g/mol. The fourth-order valence-electron chi connectivity index (χ4n) is 3.51. The van der Waals surface area contributed by atoms with E-state index in [1.165, 1.54) is 23.5 Å². The molecule has 2 fully saturated rings. The van der Waals surface area contributed by atoms with Crippen molar-refractivity contribution in [3.05, 3.63) is 40.7 Å². The van der Waals surface area contributed by atoms with Crippen molar-refractivity contribution < 1.29 is 12.8 Å². The Hall–Kier alpha value is -1.66. The number of hydrogen-bond acceptors (Lipinski definition) is 7. The molecule has 0 spiro atoms. The van der Waals surface area contributed by atoms with Crippen LogP contribution in [-0.2, 0) is 16.6 Å². The first-order valence-corrected chi connectivity index (χ1v) is 11.9. The van der Waals surface area contributed by atoms with E-state index in [2.05, 4.69) is 20.0 Å². The summed E-state index contributed by atoms with van der Waals surface area (Å²) in [6.07, 6.45) is 0.607. The van der Waals surface area contributed by atoms with Crippen LogP contribution in [0.3, 0.4) is 0 Å². The van der Waals surface area contributed by atoms with Gasteiger partial charge in [0.15, 0.2) is 0 Å². The molecule has 2 aliphatic heterocycles. The molecule has 1 aromatic heterocycles. The number of likely N-dealkylation sites (N-methyl/N-ethyl adjacent to an activating group) is 1. The van der Waals surface area contributed by atoms with E-state index in [1.807, 2.05) is 7.05 Å². The molecule has 0 amide bonds.